The molecule has 0 aliphatic heterocycles. The van der Waals surface area contributed by atoms with Crippen LogP contribution in [0.25, 0.3) is 11.0 Å². The second kappa shape index (κ2) is 6.84. The monoisotopic (exact) mass is 343 g/mol. The van der Waals surface area contributed by atoms with Crippen molar-refractivity contribution in [3.8, 4) is 5.75 Å². The van der Waals surface area contributed by atoms with E-state index in [-0.39, 0.29) is 4.90 Å². The predicted molar refractivity (Wildman–Crippen MR) is 93.1 cm³/mol. The van der Waals surface area contributed by atoms with E-state index in [4.69, 9.17) is 4.74 Å². The summed E-state index contributed by atoms with van der Waals surface area (Å²) in [6, 6.07) is 14.0. The van der Waals surface area contributed by atoms with Crippen LogP contribution in [0.3, 0.4) is 0 Å². The van der Waals surface area contributed by atoms with E-state index in [9.17, 15) is 8.42 Å². The van der Waals surface area contributed by atoms with Gasteiger partial charge in [-0.15, -0.1) is 0 Å². The van der Waals surface area contributed by atoms with Gasteiger partial charge in [0.1, 0.15) is 18.2 Å². The maximum absolute atomic E-state index is 11.4. The van der Waals surface area contributed by atoms with Crippen LogP contribution in [0.2, 0.25) is 0 Å². The summed E-state index contributed by atoms with van der Waals surface area (Å²) in [5.74, 6) is 1.30. The van der Waals surface area contributed by atoms with E-state index in [1.54, 1.807) is 18.3 Å². The Morgan fingerprint density at radius 3 is 2.46 bits per heavy atom. The average molecular weight is 343 g/mol. The van der Waals surface area contributed by atoms with Gasteiger partial charge >= 0.3 is 0 Å². The van der Waals surface area contributed by atoms with Crippen LogP contribution in [0.1, 0.15) is 0 Å². The molecule has 0 bridgehead atoms. The fourth-order valence-electron chi connectivity index (χ4n) is 2.17. The molecule has 0 spiro atoms. The highest BCUT2D eigenvalue weighted by atomic mass is 32.2. The van der Waals surface area contributed by atoms with Crippen LogP contribution in [-0.4, -0.2) is 37.8 Å². The quantitative estimate of drug-likeness (QED) is 0.693. The first-order valence-electron chi connectivity index (χ1n) is 7.41. The minimum Gasteiger partial charge on any atom is -0.492 e. The van der Waals surface area contributed by atoms with E-state index in [1.807, 2.05) is 24.3 Å². The van der Waals surface area contributed by atoms with Gasteiger partial charge in [0.2, 0.25) is 0 Å². The van der Waals surface area contributed by atoms with Crippen LogP contribution in [0.15, 0.2) is 59.6 Å². The summed E-state index contributed by atoms with van der Waals surface area (Å²) < 4.78 is 28.4. The molecule has 2 aromatic carbocycles. The Labute approximate surface area is 140 Å². The number of para-hydroxylation sites is 2. The van der Waals surface area contributed by atoms with Gasteiger partial charge in [-0.05, 0) is 36.4 Å². The molecule has 3 rings (SSSR count). The molecule has 6 nitrogen and oxygen atoms in total. The number of nitrogens with zero attached hydrogens (tertiary/aromatic N) is 2. The number of anilines is 1. The highest BCUT2D eigenvalue weighted by Crippen LogP contribution is 2.16. The molecule has 0 saturated carbocycles. The summed E-state index contributed by atoms with van der Waals surface area (Å²) in [6.45, 7) is 0.980. The SMILES string of the molecule is CS(=O)(=O)c1ccc(OCCNc2cnc3ccccc3n2)cc1. The third kappa shape index (κ3) is 3.99. The summed E-state index contributed by atoms with van der Waals surface area (Å²) >= 11 is 0. The van der Waals surface area contributed by atoms with Crippen LogP contribution in [0, 0.1) is 0 Å². The molecule has 0 fully saturated rings. The molecule has 24 heavy (non-hydrogen) atoms. The zero-order valence-electron chi connectivity index (χ0n) is 13.1. The smallest absolute Gasteiger partial charge is 0.175 e. The summed E-state index contributed by atoms with van der Waals surface area (Å²) in [7, 11) is -3.18. The molecular weight excluding hydrogens is 326 g/mol. The van der Waals surface area contributed by atoms with Gasteiger partial charge in [-0.3, -0.25) is 4.98 Å². The van der Waals surface area contributed by atoms with Crippen molar-refractivity contribution in [2.75, 3.05) is 24.7 Å². The van der Waals surface area contributed by atoms with E-state index in [0.29, 0.717) is 24.7 Å². The maximum atomic E-state index is 11.4. The molecule has 3 aromatic rings. The first-order valence-corrected chi connectivity index (χ1v) is 9.30. The Kier molecular flexibility index (Phi) is 4.61. The number of ether oxygens (including phenoxy) is 1. The molecule has 1 heterocycles. The molecule has 1 aromatic heterocycles. The Balaban J connectivity index is 1.53. The first-order chi connectivity index (χ1) is 11.5. The molecule has 0 radical (unpaired) electrons. The summed E-state index contributed by atoms with van der Waals surface area (Å²) in [6.07, 6.45) is 2.86. The second-order valence-electron chi connectivity index (χ2n) is 5.26. The van der Waals surface area contributed by atoms with Crippen molar-refractivity contribution in [2.45, 2.75) is 4.90 Å². The van der Waals surface area contributed by atoms with Gasteiger partial charge in [0.25, 0.3) is 0 Å². The molecule has 0 saturated heterocycles. The topological polar surface area (TPSA) is 81.2 Å². The summed E-state index contributed by atoms with van der Waals surface area (Å²) in [4.78, 5) is 9.07. The molecular formula is C17H17N3O3S. The van der Waals surface area contributed by atoms with Crippen LogP contribution >= 0.6 is 0 Å². The third-order valence-corrected chi connectivity index (χ3v) is 4.51. The van der Waals surface area contributed by atoms with Crippen molar-refractivity contribution in [1.29, 1.82) is 0 Å². The van der Waals surface area contributed by atoms with Crippen molar-refractivity contribution < 1.29 is 13.2 Å². The fraction of sp³-hybridized carbons (Fsp3) is 0.176. The summed E-state index contributed by atoms with van der Waals surface area (Å²) in [5, 5.41) is 3.15. The standard InChI is InChI=1S/C17H17N3O3S/c1-24(21,22)14-8-6-13(7-9-14)23-11-10-18-17-12-19-15-4-2-3-5-16(15)20-17/h2-9,12H,10-11H2,1H3,(H,18,20). The second-order valence-corrected chi connectivity index (χ2v) is 7.28. The Morgan fingerprint density at radius 1 is 1.04 bits per heavy atom. The lowest BCUT2D eigenvalue weighted by Gasteiger charge is -2.09. The molecule has 0 amide bonds. The van der Waals surface area contributed by atoms with Crippen molar-refractivity contribution in [3.63, 3.8) is 0 Å². The third-order valence-electron chi connectivity index (χ3n) is 3.38. The van der Waals surface area contributed by atoms with E-state index >= 15 is 0 Å². The average Bonchev–Trinajstić information content (AvgIpc) is 2.58. The van der Waals surface area contributed by atoms with Crippen LogP contribution < -0.4 is 10.1 Å². The van der Waals surface area contributed by atoms with E-state index in [2.05, 4.69) is 15.3 Å². The number of aromatic nitrogens is 2. The zero-order chi connectivity index (χ0) is 17.0. The minimum absolute atomic E-state index is 0.277. The van der Waals surface area contributed by atoms with Gasteiger partial charge in [-0.1, -0.05) is 12.1 Å². The number of hydrogen-bond donors (Lipinski definition) is 1. The van der Waals surface area contributed by atoms with Gasteiger partial charge in [0.05, 0.1) is 28.7 Å². The number of benzene rings is 2. The Hall–Kier alpha value is -2.67. The van der Waals surface area contributed by atoms with Crippen molar-refractivity contribution in [2.24, 2.45) is 0 Å². The van der Waals surface area contributed by atoms with E-state index in [0.717, 1.165) is 11.0 Å². The highest BCUT2D eigenvalue weighted by molar-refractivity contribution is 7.90. The normalized spacial score (nSPS) is 11.4. The number of fused-ring (bicyclic) bond motifs is 1. The predicted octanol–water partition coefficient (Wildman–Crippen LogP) is 2.52. The van der Waals surface area contributed by atoms with Crippen molar-refractivity contribution >= 4 is 26.7 Å². The maximum Gasteiger partial charge on any atom is 0.175 e. The molecule has 1 N–H and O–H groups in total. The zero-order valence-corrected chi connectivity index (χ0v) is 14.0. The molecule has 0 aliphatic carbocycles. The lowest BCUT2D eigenvalue weighted by molar-refractivity contribution is 0.332. The molecule has 0 atom stereocenters. The minimum atomic E-state index is -3.18. The van der Waals surface area contributed by atoms with E-state index < -0.39 is 9.84 Å². The summed E-state index contributed by atoms with van der Waals surface area (Å²) in [5.41, 5.74) is 1.69. The van der Waals surface area contributed by atoms with Gasteiger partial charge in [0, 0.05) is 6.26 Å². The van der Waals surface area contributed by atoms with Crippen molar-refractivity contribution in [3.05, 3.63) is 54.7 Å². The largest absolute Gasteiger partial charge is 0.492 e. The van der Waals surface area contributed by atoms with Crippen LogP contribution in [0.4, 0.5) is 5.82 Å². The number of rotatable bonds is 6. The van der Waals surface area contributed by atoms with Gasteiger partial charge in [-0.25, -0.2) is 13.4 Å². The van der Waals surface area contributed by atoms with Crippen LogP contribution in [-0.2, 0) is 9.84 Å². The molecule has 0 unspecified atom stereocenters. The van der Waals surface area contributed by atoms with Crippen molar-refractivity contribution in [1.82, 2.24) is 9.97 Å². The van der Waals surface area contributed by atoms with Crippen LogP contribution in [0.5, 0.6) is 5.75 Å². The molecule has 124 valence electrons. The Morgan fingerprint density at radius 2 is 1.75 bits per heavy atom. The lowest BCUT2D eigenvalue weighted by Crippen LogP contribution is -2.12. The molecule has 0 aliphatic rings. The van der Waals surface area contributed by atoms with Gasteiger partial charge < -0.3 is 10.1 Å². The van der Waals surface area contributed by atoms with Gasteiger partial charge in [-0.2, -0.15) is 0 Å². The number of nitrogens with one attached hydrogen (secondary N) is 1. The number of hydrogen-bond acceptors (Lipinski definition) is 6. The highest BCUT2D eigenvalue weighted by Gasteiger charge is 2.06. The Bertz CT molecular complexity index is 941. The van der Waals surface area contributed by atoms with E-state index in [1.165, 1.54) is 18.4 Å². The fourth-order valence-corrected chi connectivity index (χ4v) is 2.80. The first kappa shape index (κ1) is 16.2. The lowest BCUT2D eigenvalue weighted by atomic mass is 10.3. The van der Waals surface area contributed by atoms with Gasteiger partial charge in [0.15, 0.2) is 9.84 Å². The number of sulfone groups is 1. The molecule has 7 heteroatoms.